The molecule has 0 N–H and O–H groups in total. The lowest BCUT2D eigenvalue weighted by Crippen LogP contribution is -2.71. The summed E-state index contributed by atoms with van der Waals surface area (Å²) >= 11 is 0. The van der Waals surface area contributed by atoms with Gasteiger partial charge >= 0.3 is 84.6 Å². The Morgan fingerprint density at radius 3 is 0.712 bits per heavy atom. The number of ether oxygens (including phenoxy) is 4. The number of alkyl halides is 26. The number of carbonyl (C=O) groups excluding carboxylic acids is 2. The molecule has 1 aromatic carbocycles. The highest BCUT2D eigenvalue weighted by Gasteiger charge is 2.90. The Morgan fingerprint density at radius 1 is 0.346 bits per heavy atom. The summed E-state index contributed by atoms with van der Waals surface area (Å²) in [6.07, 6.45) is -79.8. The first-order chi connectivity index (χ1) is 22.4. The Labute approximate surface area is 264 Å². The van der Waals surface area contributed by atoms with Crippen molar-refractivity contribution in [3.8, 4) is 0 Å². The SMILES string of the molecule is O=C(OC(F)(F)C(F)(F)OC(C(F)(F)F)(C(F)(F)F)C(F)(F)F)c1ccccc1C(=O)OC(F)(F)C(F)(F)OC(C(F)(F)F)(C(F)(F)F)C(F)(F)F. The van der Waals surface area contributed by atoms with E-state index in [0.717, 1.165) is 0 Å². The Hall–Kier alpha value is -3.74. The van der Waals surface area contributed by atoms with Gasteiger partial charge in [-0.1, -0.05) is 12.1 Å². The van der Waals surface area contributed by atoms with Gasteiger partial charge in [0.25, 0.3) is 0 Å². The van der Waals surface area contributed by atoms with Crippen LogP contribution >= 0.6 is 0 Å². The molecule has 52 heavy (non-hydrogen) atoms. The third kappa shape index (κ3) is 7.94. The Bertz CT molecular complexity index is 1280. The number of hydrogen-bond donors (Lipinski definition) is 0. The highest BCUT2D eigenvalue weighted by Crippen LogP contribution is 2.60. The number of carbonyl (C=O) groups is 2. The summed E-state index contributed by atoms with van der Waals surface area (Å²) in [6, 6.07) is -0.479. The number of halogens is 26. The summed E-state index contributed by atoms with van der Waals surface area (Å²) < 4.78 is 351. The molecule has 0 heterocycles. The number of rotatable bonds is 10. The molecule has 0 radical (unpaired) electrons. The maximum atomic E-state index is 14.0. The van der Waals surface area contributed by atoms with Gasteiger partial charge in [0, 0.05) is 0 Å². The highest BCUT2D eigenvalue weighted by atomic mass is 19.5. The van der Waals surface area contributed by atoms with E-state index in [0.29, 0.717) is 0 Å². The van der Waals surface area contributed by atoms with Crippen LogP contribution in [-0.2, 0) is 18.9 Å². The molecule has 0 saturated heterocycles. The third-order valence-corrected chi connectivity index (χ3v) is 5.44. The molecule has 302 valence electrons. The molecular formula is C20H4F26O6. The molecule has 0 amide bonds. The minimum absolute atomic E-state index is 0.141. The van der Waals surface area contributed by atoms with Crippen LogP contribution in [-0.4, -0.2) is 84.6 Å². The zero-order valence-corrected chi connectivity index (χ0v) is 22.6. The summed E-state index contributed by atoms with van der Waals surface area (Å²) in [5, 5.41) is 0. The smallest absolute Gasteiger partial charge is 0.390 e. The lowest BCUT2D eigenvalue weighted by Gasteiger charge is -2.40. The topological polar surface area (TPSA) is 71.1 Å². The van der Waals surface area contributed by atoms with Crippen molar-refractivity contribution in [1.29, 1.82) is 0 Å². The molecule has 32 heteroatoms. The molecule has 0 aliphatic carbocycles. The molecule has 0 unspecified atom stereocenters. The van der Waals surface area contributed by atoms with Crippen LogP contribution in [0.4, 0.5) is 114 Å². The van der Waals surface area contributed by atoms with Crippen molar-refractivity contribution in [1.82, 2.24) is 0 Å². The zero-order chi connectivity index (χ0) is 42.0. The first kappa shape index (κ1) is 46.3. The Kier molecular flexibility index (Phi) is 11.6. The summed E-state index contributed by atoms with van der Waals surface area (Å²) in [7, 11) is 0. The van der Waals surface area contributed by atoms with Crippen molar-refractivity contribution in [3.63, 3.8) is 0 Å². The molecule has 1 aromatic rings. The number of benzene rings is 1. The second kappa shape index (κ2) is 13.0. The molecule has 0 aliphatic heterocycles. The molecule has 0 aromatic heterocycles. The van der Waals surface area contributed by atoms with Crippen molar-refractivity contribution >= 4 is 11.9 Å². The normalized spacial score (nSPS) is 15.4. The van der Waals surface area contributed by atoms with Crippen LogP contribution < -0.4 is 0 Å². The van der Waals surface area contributed by atoms with Crippen molar-refractivity contribution in [2.45, 2.75) is 72.7 Å². The predicted octanol–water partition coefficient (Wildman–Crippen LogP) is 9.26. The largest absolute Gasteiger partial charge is 0.496 e. The van der Waals surface area contributed by atoms with E-state index in [2.05, 4.69) is 9.47 Å². The third-order valence-electron chi connectivity index (χ3n) is 5.44. The Morgan fingerprint density at radius 2 is 0.538 bits per heavy atom. The van der Waals surface area contributed by atoms with Gasteiger partial charge in [-0.3, -0.25) is 9.47 Å². The summed E-state index contributed by atoms with van der Waals surface area (Å²) in [5.41, 5.74) is -21.4. The van der Waals surface area contributed by atoms with E-state index in [1.807, 2.05) is 0 Å². The van der Waals surface area contributed by atoms with Crippen molar-refractivity contribution in [2.24, 2.45) is 0 Å². The van der Waals surface area contributed by atoms with Crippen molar-refractivity contribution in [3.05, 3.63) is 35.4 Å². The van der Waals surface area contributed by atoms with E-state index in [4.69, 9.17) is 0 Å². The quantitative estimate of drug-likeness (QED) is 0.173. The summed E-state index contributed by atoms with van der Waals surface area (Å²) in [5.74, 6) is -7.15. The molecule has 0 fully saturated rings. The summed E-state index contributed by atoms with van der Waals surface area (Å²) in [4.78, 5) is 23.9. The van der Waals surface area contributed by atoms with Crippen molar-refractivity contribution < 1.29 is 143 Å². The zero-order valence-electron chi connectivity index (χ0n) is 22.6. The highest BCUT2D eigenvalue weighted by molar-refractivity contribution is 6.03. The van der Waals surface area contributed by atoms with E-state index >= 15 is 0 Å². The van der Waals surface area contributed by atoms with E-state index in [-0.39, 0.29) is 24.3 Å². The standard InChI is InChI=1S/C20H4F26O6/c21-11(22,23)9(12(24,25)26,13(27,28)29)51-19(43,44)17(39,40)49-7(47)5-3-1-2-4-6(5)8(48)50-18(41,42)20(45,46)52-10(14(30,31)32,15(33,34)35)16(36,37)38/h1-4H. The van der Waals surface area contributed by atoms with Gasteiger partial charge in [-0.25, -0.2) is 9.59 Å². The van der Waals surface area contributed by atoms with Crippen LogP contribution in [0.5, 0.6) is 0 Å². The predicted molar refractivity (Wildman–Crippen MR) is 101 cm³/mol. The second-order valence-electron chi connectivity index (χ2n) is 8.94. The molecular weight excluding hydrogens is 830 g/mol. The number of hydrogen-bond acceptors (Lipinski definition) is 6. The van der Waals surface area contributed by atoms with E-state index < -0.39 is 95.8 Å². The van der Waals surface area contributed by atoms with E-state index in [1.54, 1.807) is 0 Å². The monoisotopic (exact) mass is 834 g/mol. The van der Waals surface area contributed by atoms with Gasteiger partial charge < -0.3 is 9.47 Å². The average molecular weight is 834 g/mol. The van der Waals surface area contributed by atoms with Crippen molar-refractivity contribution in [2.75, 3.05) is 0 Å². The Balaban J connectivity index is 3.65. The van der Waals surface area contributed by atoms with Gasteiger partial charge in [0.1, 0.15) is 0 Å². The van der Waals surface area contributed by atoms with E-state index in [1.165, 1.54) is 9.47 Å². The molecule has 0 atom stereocenters. The van der Waals surface area contributed by atoms with E-state index in [9.17, 15) is 124 Å². The first-order valence-corrected chi connectivity index (χ1v) is 11.3. The fraction of sp³-hybridized carbons (Fsp3) is 0.600. The fourth-order valence-electron chi connectivity index (χ4n) is 3.12. The maximum Gasteiger partial charge on any atom is 0.496 e. The average Bonchev–Trinajstić information content (AvgIpc) is 2.85. The molecule has 0 aliphatic rings. The molecule has 0 bridgehead atoms. The van der Waals surface area contributed by atoms with Crippen LogP contribution in [0.3, 0.4) is 0 Å². The van der Waals surface area contributed by atoms with Crippen LogP contribution in [0.25, 0.3) is 0 Å². The van der Waals surface area contributed by atoms with Gasteiger partial charge in [0.05, 0.1) is 11.1 Å². The van der Waals surface area contributed by atoms with Gasteiger partial charge in [-0.05, 0) is 12.1 Å². The second-order valence-corrected chi connectivity index (χ2v) is 8.94. The van der Waals surface area contributed by atoms with Gasteiger partial charge in [0.15, 0.2) is 0 Å². The minimum atomic E-state index is -8.23. The maximum absolute atomic E-state index is 14.0. The van der Waals surface area contributed by atoms with Gasteiger partial charge in [0.2, 0.25) is 0 Å². The number of esters is 2. The van der Waals surface area contributed by atoms with Gasteiger partial charge in [-0.15, -0.1) is 0 Å². The lowest BCUT2D eigenvalue weighted by atomic mass is 10.0. The first-order valence-electron chi connectivity index (χ1n) is 11.3. The molecule has 1 rings (SSSR count). The molecule has 6 nitrogen and oxygen atoms in total. The minimum Gasteiger partial charge on any atom is -0.390 e. The molecule has 0 spiro atoms. The van der Waals surface area contributed by atoms with Crippen LogP contribution in [0.1, 0.15) is 20.7 Å². The van der Waals surface area contributed by atoms with Crippen LogP contribution in [0, 0.1) is 0 Å². The van der Waals surface area contributed by atoms with Crippen LogP contribution in [0.2, 0.25) is 0 Å². The fourth-order valence-corrected chi connectivity index (χ4v) is 3.12. The summed E-state index contributed by atoms with van der Waals surface area (Å²) in [6.45, 7) is 0. The molecule has 0 saturated carbocycles. The van der Waals surface area contributed by atoms with Gasteiger partial charge in [-0.2, -0.15) is 114 Å². The lowest BCUT2D eigenvalue weighted by molar-refractivity contribution is -0.533. The van der Waals surface area contributed by atoms with Crippen LogP contribution in [0.15, 0.2) is 24.3 Å².